The molecule has 0 bridgehead atoms. The maximum Gasteiger partial charge on any atom is 0.164 e. The Balaban J connectivity index is 1.23. The molecule has 2 heterocycles. The average Bonchev–Trinajstić information content (AvgIpc) is 3.58. The lowest BCUT2D eigenvalue weighted by Crippen LogP contribution is -2.05. The minimum atomic E-state index is 0.646. The highest BCUT2D eigenvalue weighted by Gasteiger charge is 2.26. The molecule has 2 aromatic heterocycles. The Morgan fingerprint density at radius 3 is 1.43 bits per heavy atom. The summed E-state index contributed by atoms with van der Waals surface area (Å²) in [4.78, 5) is 15.8. The highest BCUT2D eigenvalue weighted by molar-refractivity contribution is 6.28. The van der Waals surface area contributed by atoms with Crippen LogP contribution in [-0.4, -0.2) is 19.5 Å². The molecule has 0 atom stereocenters. The first kappa shape index (κ1) is 32.5. The predicted octanol–water partition coefficient (Wildman–Crippen LogP) is 13.5. The van der Waals surface area contributed by atoms with Crippen LogP contribution in [0.25, 0.3) is 105 Å². The molecule has 1 aliphatic carbocycles. The van der Waals surface area contributed by atoms with E-state index < -0.39 is 0 Å². The summed E-state index contributed by atoms with van der Waals surface area (Å²) < 4.78 is 2.46. The van der Waals surface area contributed by atoms with Crippen molar-refractivity contribution < 1.29 is 0 Å². The standard InChI is InChI=1S/C54H34N4/c1-3-17-36(18-4-1)52-55-53(37-19-5-2-6-20-37)57-54(56-52)47-33-39(32-46-44-26-14-13-25-43(44)40-22-10-9-21-38(40)31-45(46)47)58-48-29-27-34-15-7-11-23-41(34)50(48)51-42-24-12-8-16-35(42)28-30-49(51)58/h1-30,32-33H,31H2. The Kier molecular flexibility index (Phi) is 7.26. The SMILES string of the molecule is c1ccc(-c2nc(-c3ccccc3)nc(-c3cc(-n4c5ccc6ccccc6c5c5c6ccccc6ccc54)cc4c3Cc3ccccc3-c3ccccc3-4)n2)cc1. The summed E-state index contributed by atoms with van der Waals surface area (Å²) in [5, 5.41) is 7.45. The van der Waals surface area contributed by atoms with E-state index in [4.69, 9.17) is 15.0 Å². The number of benzene rings is 9. The van der Waals surface area contributed by atoms with Crippen molar-refractivity contribution >= 4 is 43.4 Å². The maximum absolute atomic E-state index is 5.35. The third-order valence-corrected chi connectivity index (χ3v) is 11.9. The molecule has 0 radical (unpaired) electrons. The minimum absolute atomic E-state index is 0.646. The molecule has 9 aromatic carbocycles. The molecule has 11 aromatic rings. The first-order valence-corrected chi connectivity index (χ1v) is 19.8. The van der Waals surface area contributed by atoms with Gasteiger partial charge in [-0.2, -0.15) is 0 Å². The van der Waals surface area contributed by atoms with Crippen LogP contribution in [0.5, 0.6) is 0 Å². The lowest BCUT2D eigenvalue weighted by molar-refractivity contribution is 1.06. The van der Waals surface area contributed by atoms with Crippen LogP contribution in [0.3, 0.4) is 0 Å². The summed E-state index contributed by atoms with van der Waals surface area (Å²) in [7, 11) is 0. The van der Waals surface area contributed by atoms with Crippen molar-refractivity contribution in [3.63, 3.8) is 0 Å². The van der Waals surface area contributed by atoms with E-state index in [9.17, 15) is 0 Å². The Hall–Kier alpha value is -7.69. The van der Waals surface area contributed by atoms with E-state index in [0.29, 0.717) is 17.5 Å². The molecule has 0 amide bonds. The van der Waals surface area contributed by atoms with Crippen LogP contribution in [0.1, 0.15) is 11.1 Å². The average molecular weight is 739 g/mol. The van der Waals surface area contributed by atoms with Crippen molar-refractivity contribution in [1.82, 2.24) is 19.5 Å². The first-order valence-electron chi connectivity index (χ1n) is 19.8. The molecule has 270 valence electrons. The zero-order chi connectivity index (χ0) is 38.2. The van der Waals surface area contributed by atoms with E-state index in [1.54, 1.807) is 0 Å². The van der Waals surface area contributed by atoms with E-state index in [1.165, 1.54) is 65.7 Å². The molecule has 0 fully saturated rings. The maximum atomic E-state index is 5.35. The number of hydrogen-bond acceptors (Lipinski definition) is 3. The summed E-state index contributed by atoms with van der Waals surface area (Å²) >= 11 is 0. The fourth-order valence-corrected chi connectivity index (χ4v) is 9.25. The summed E-state index contributed by atoms with van der Waals surface area (Å²) in [6.07, 6.45) is 0.727. The zero-order valence-corrected chi connectivity index (χ0v) is 31.5. The quantitative estimate of drug-likeness (QED) is 0.181. The van der Waals surface area contributed by atoms with Crippen molar-refractivity contribution in [2.45, 2.75) is 6.42 Å². The van der Waals surface area contributed by atoms with Gasteiger partial charge in [0.25, 0.3) is 0 Å². The van der Waals surface area contributed by atoms with Crippen LogP contribution in [0, 0.1) is 0 Å². The van der Waals surface area contributed by atoms with Gasteiger partial charge in [0.05, 0.1) is 11.0 Å². The Labute approximate surface area is 335 Å². The second-order valence-corrected chi connectivity index (χ2v) is 15.1. The van der Waals surface area contributed by atoms with E-state index in [0.717, 1.165) is 39.8 Å². The Bertz CT molecular complexity index is 3270. The summed E-state index contributed by atoms with van der Waals surface area (Å²) in [6, 6.07) is 69.5. The topological polar surface area (TPSA) is 43.6 Å². The first-order chi connectivity index (χ1) is 28.8. The number of fused-ring (bicyclic) bond motifs is 12. The molecule has 0 saturated carbocycles. The van der Waals surface area contributed by atoms with E-state index in [2.05, 4.69) is 162 Å². The molecule has 0 unspecified atom stereocenters. The van der Waals surface area contributed by atoms with Crippen molar-refractivity contribution in [1.29, 1.82) is 0 Å². The van der Waals surface area contributed by atoms with Gasteiger partial charge >= 0.3 is 0 Å². The summed E-state index contributed by atoms with van der Waals surface area (Å²) in [5.74, 6) is 1.94. The van der Waals surface area contributed by atoms with Gasteiger partial charge in [0.2, 0.25) is 0 Å². The number of aromatic nitrogens is 4. The van der Waals surface area contributed by atoms with Crippen LogP contribution in [0.2, 0.25) is 0 Å². The Morgan fingerprint density at radius 2 is 0.828 bits per heavy atom. The molecule has 0 aliphatic heterocycles. The van der Waals surface area contributed by atoms with Gasteiger partial charge < -0.3 is 4.57 Å². The molecule has 0 spiro atoms. The summed E-state index contributed by atoms with van der Waals surface area (Å²) in [5.41, 5.74) is 13.6. The number of rotatable bonds is 4. The van der Waals surface area contributed by atoms with Gasteiger partial charge in [0.15, 0.2) is 17.5 Å². The Morgan fingerprint density at radius 1 is 0.362 bits per heavy atom. The normalized spacial score (nSPS) is 12.1. The van der Waals surface area contributed by atoms with Gasteiger partial charge in [-0.15, -0.1) is 0 Å². The summed E-state index contributed by atoms with van der Waals surface area (Å²) in [6.45, 7) is 0. The molecular weight excluding hydrogens is 705 g/mol. The molecule has 0 N–H and O–H groups in total. The van der Waals surface area contributed by atoms with Crippen molar-refractivity contribution in [3.05, 3.63) is 205 Å². The fraction of sp³-hybridized carbons (Fsp3) is 0.0185. The van der Waals surface area contributed by atoms with E-state index >= 15 is 0 Å². The molecule has 4 nitrogen and oxygen atoms in total. The third kappa shape index (κ3) is 5.05. The molecular formula is C54H34N4. The zero-order valence-electron chi connectivity index (χ0n) is 31.5. The molecule has 0 saturated heterocycles. The van der Waals surface area contributed by atoms with Crippen LogP contribution in [-0.2, 0) is 6.42 Å². The molecule has 4 heteroatoms. The number of hydrogen-bond donors (Lipinski definition) is 0. The fourth-order valence-electron chi connectivity index (χ4n) is 9.25. The molecule has 12 rings (SSSR count). The minimum Gasteiger partial charge on any atom is -0.309 e. The van der Waals surface area contributed by atoms with Crippen molar-refractivity contribution in [2.75, 3.05) is 0 Å². The second kappa shape index (κ2) is 12.9. The second-order valence-electron chi connectivity index (χ2n) is 15.1. The van der Waals surface area contributed by atoms with Gasteiger partial charge in [-0.05, 0) is 85.6 Å². The van der Waals surface area contributed by atoms with Gasteiger partial charge in [-0.1, -0.05) is 170 Å². The molecule has 58 heavy (non-hydrogen) atoms. The van der Waals surface area contributed by atoms with E-state index in [1.807, 2.05) is 36.4 Å². The van der Waals surface area contributed by atoms with Crippen molar-refractivity contribution in [3.8, 4) is 62.1 Å². The van der Waals surface area contributed by atoms with Gasteiger partial charge in [0.1, 0.15) is 0 Å². The van der Waals surface area contributed by atoms with Gasteiger partial charge in [-0.25, -0.2) is 15.0 Å². The van der Waals surface area contributed by atoms with Crippen LogP contribution in [0.15, 0.2) is 194 Å². The van der Waals surface area contributed by atoms with Crippen LogP contribution in [0.4, 0.5) is 0 Å². The smallest absolute Gasteiger partial charge is 0.164 e. The highest BCUT2D eigenvalue weighted by atomic mass is 15.0. The monoisotopic (exact) mass is 738 g/mol. The predicted molar refractivity (Wildman–Crippen MR) is 239 cm³/mol. The molecule has 1 aliphatic rings. The van der Waals surface area contributed by atoms with E-state index in [-0.39, 0.29) is 0 Å². The van der Waals surface area contributed by atoms with Gasteiger partial charge in [-0.3, -0.25) is 0 Å². The number of nitrogens with zero attached hydrogens (tertiary/aromatic N) is 4. The van der Waals surface area contributed by atoms with Crippen LogP contribution < -0.4 is 0 Å². The third-order valence-electron chi connectivity index (χ3n) is 11.9. The highest BCUT2D eigenvalue weighted by Crippen LogP contribution is 2.47. The van der Waals surface area contributed by atoms with Crippen LogP contribution >= 0.6 is 0 Å². The van der Waals surface area contributed by atoms with Crippen molar-refractivity contribution in [2.24, 2.45) is 0 Å². The largest absolute Gasteiger partial charge is 0.309 e. The lowest BCUT2D eigenvalue weighted by Gasteiger charge is -2.19. The lowest BCUT2D eigenvalue weighted by atomic mass is 9.91. The van der Waals surface area contributed by atoms with Gasteiger partial charge in [0, 0.05) is 33.2 Å².